The number of rotatable bonds is 3. The molecule has 7 nitrogen and oxygen atoms in total. The van der Waals surface area contributed by atoms with Crippen molar-refractivity contribution in [3.8, 4) is 5.75 Å². The molecule has 0 unspecified atom stereocenters. The summed E-state index contributed by atoms with van der Waals surface area (Å²) in [6.07, 6.45) is 0. The van der Waals surface area contributed by atoms with Crippen molar-refractivity contribution in [3.63, 3.8) is 0 Å². The van der Waals surface area contributed by atoms with Crippen LogP contribution in [0.2, 0.25) is 0 Å². The molecule has 2 amide bonds. The molecule has 1 aliphatic rings. The molecule has 0 aliphatic carbocycles. The fourth-order valence-corrected chi connectivity index (χ4v) is 2.52. The Morgan fingerprint density at radius 2 is 1.74 bits per heavy atom. The van der Waals surface area contributed by atoms with Gasteiger partial charge in [-0.15, -0.1) is 0 Å². The van der Waals surface area contributed by atoms with E-state index in [4.69, 9.17) is 4.74 Å². The molecule has 116 valence electrons. The highest BCUT2D eigenvalue weighted by Gasteiger charge is 2.38. The van der Waals surface area contributed by atoms with Gasteiger partial charge in [0, 0.05) is 12.1 Å². The van der Waals surface area contributed by atoms with Crippen LogP contribution in [0.25, 0.3) is 0 Å². The first-order valence-electron chi connectivity index (χ1n) is 6.76. The number of amides is 2. The minimum absolute atomic E-state index is 0.181. The van der Waals surface area contributed by atoms with Crippen molar-refractivity contribution < 1.29 is 19.2 Å². The largest absolute Gasteiger partial charge is 0.497 e. The lowest BCUT2D eigenvalue weighted by molar-refractivity contribution is -0.384. The molecular formula is C16H12N2O5. The second-order valence-corrected chi connectivity index (χ2v) is 5.09. The number of ether oxygens (including phenoxy) is 1. The maximum absolute atomic E-state index is 12.6. The topological polar surface area (TPSA) is 89.8 Å². The minimum atomic E-state index is -0.565. The number of aryl methyl sites for hydroxylation is 1. The van der Waals surface area contributed by atoms with Crippen molar-refractivity contribution in [3.05, 3.63) is 63.2 Å². The normalized spacial score (nSPS) is 13.2. The van der Waals surface area contributed by atoms with Crippen LogP contribution in [-0.2, 0) is 0 Å². The lowest BCUT2D eigenvalue weighted by Gasteiger charge is -2.16. The molecule has 0 bridgehead atoms. The molecule has 1 aliphatic heterocycles. The number of imide groups is 1. The molecule has 0 atom stereocenters. The molecule has 2 aromatic carbocycles. The fraction of sp³-hybridized carbons (Fsp3) is 0.125. The molecular weight excluding hydrogens is 300 g/mol. The zero-order valence-corrected chi connectivity index (χ0v) is 12.4. The Hall–Kier alpha value is -3.22. The van der Waals surface area contributed by atoms with Gasteiger partial charge in [0.2, 0.25) is 0 Å². The highest BCUT2D eigenvalue weighted by atomic mass is 16.6. The number of carbonyl (C=O) groups is 2. The zero-order chi connectivity index (χ0) is 16.7. The summed E-state index contributed by atoms with van der Waals surface area (Å²) < 4.78 is 5.07. The Balaban J connectivity index is 2.12. The number of nitrogens with zero attached hydrogens (tertiary/aromatic N) is 2. The zero-order valence-electron chi connectivity index (χ0n) is 12.4. The minimum Gasteiger partial charge on any atom is -0.497 e. The number of anilines is 1. The van der Waals surface area contributed by atoms with Crippen LogP contribution >= 0.6 is 0 Å². The first-order chi connectivity index (χ1) is 10.9. The van der Waals surface area contributed by atoms with Crippen molar-refractivity contribution in [1.82, 2.24) is 0 Å². The Morgan fingerprint density at radius 3 is 2.39 bits per heavy atom. The monoisotopic (exact) mass is 312 g/mol. The maximum atomic E-state index is 12.6. The first-order valence-corrected chi connectivity index (χ1v) is 6.76. The van der Waals surface area contributed by atoms with Gasteiger partial charge in [-0.3, -0.25) is 19.7 Å². The van der Waals surface area contributed by atoms with E-state index in [0.717, 1.165) is 4.90 Å². The molecule has 0 saturated heterocycles. The molecule has 2 aromatic rings. The van der Waals surface area contributed by atoms with Crippen molar-refractivity contribution >= 4 is 23.2 Å². The summed E-state index contributed by atoms with van der Waals surface area (Å²) >= 11 is 0. The lowest BCUT2D eigenvalue weighted by atomic mass is 10.1. The van der Waals surface area contributed by atoms with Crippen molar-refractivity contribution in [2.45, 2.75) is 6.92 Å². The molecule has 7 heteroatoms. The van der Waals surface area contributed by atoms with Crippen LogP contribution < -0.4 is 9.64 Å². The van der Waals surface area contributed by atoms with Gasteiger partial charge in [-0.2, -0.15) is 0 Å². The molecule has 23 heavy (non-hydrogen) atoms. The van der Waals surface area contributed by atoms with Crippen LogP contribution in [0.1, 0.15) is 26.3 Å². The van der Waals surface area contributed by atoms with E-state index < -0.39 is 16.7 Å². The summed E-state index contributed by atoms with van der Waals surface area (Å²) in [6.45, 7) is 1.68. The van der Waals surface area contributed by atoms with Gasteiger partial charge in [0.05, 0.1) is 28.8 Å². The standard InChI is InChI=1S/C16H12N2O5/c1-9-3-4-10(18(21)22)7-14(9)17-15(19)12-6-5-11(23-2)8-13(12)16(17)20/h3-8H,1-2H3. The number of methoxy groups -OCH3 is 1. The molecule has 3 rings (SSSR count). The summed E-state index contributed by atoms with van der Waals surface area (Å²) in [5.74, 6) is -0.564. The molecule has 0 saturated carbocycles. The summed E-state index contributed by atoms with van der Waals surface area (Å²) in [5, 5.41) is 10.9. The van der Waals surface area contributed by atoms with Crippen LogP contribution in [0.5, 0.6) is 5.75 Å². The second-order valence-electron chi connectivity index (χ2n) is 5.09. The maximum Gasteiger partial charge on any atom is 0.271 e. The quantitative estimate of drug-likeness (QED) is 0.494. The van der Waals surface area contributed by atoms with E-state index in [1.807, 2.05) is 0 Å². The Labute approximate surface area is 131 Å². The summed E-state index contributed by atoms with van der Waals surface area (Å²) in [4.78, 5) is 36.5. The number of benzene rings is 2. The number of nitro groups is 1. The third-order valence-corrected chi connectivity index (χ3v) is 3.74. The van der Waals surface area contributed by atoms with Crippen molar-refractivity contribution in [2.75, 3.05) is 12.0 Å². The van der Waals surface area contributed by atoms with Gasteiger partial charge in [0.25, 0.3) is 17.5 Å². The fourth-order valence-electron chi connectivity index (χ4n) is 2.52. The highest BCUT2D eigenvalue weighted by Crippen LogP contribution is 2.34. The Bertz CT molecular complexity index is 860. The predicted molar refractivity (Wildman–Crippen MR) is 82.0 cm³/mol. The molecule has 0 radical (unpaired) electrons. The first kappa shape index (κ1) is 14.7. The van der Waals surface area contributed by atoms with E-state index in [1.54, 1.807) is 13.0 Å². The van der Waals surface area contributed by atoms with Gasteiger partial charge in [-0.25, -0.2) is 4.90 Å². The number of fused-ring (bicyclic) bond motifs is 1. The van der Waals surface area contributed by atoms with Gasteiger partial charge in [-0.1, -0.05) is 6.07 Å². The molecule has 0 spiro atoms. The van der Waals surface area contributed by atoms with Crippen LogP contribution in [0, 0.1) is 17.0 Å². The lowest BCUT2D eigenvalue weighted by Crippen LogP contribution is -2.30. The van der Waals surface area contributed by atoms with E-state index in [2.05, 4.69) is 0 Å². The number of hydrogen-bond donors (Lipinski definition) is 0. The van der Waals surface area contributed by atoms with Gasteiger partial charge in [-0.05, 0) is 30.7 Å². The van der Waals surface area contributed by atoms with E-state index >= 15 is 0 Å². The summed E-state index contributed by atoms with van der Waals surface area (Å²) in [7, 11) is 1.46. The average Bonchev–Trinajstić information content (AvgIpc) is 2.79. The predicted octanol–water partition coefficient (Wildman–Crippen LogP) is 2.71. The number of non-ortho nitro benzene ring substituents is 1. The second kappa shape index (κ2) is 5.20. The van der Waals surface area contributed by atoms with Gasteiger partial charge in [0.1, 0.15) is 5.75 Å². The van der Waals surface area contributed by atoms with E-state index in [-0.39, 0.29) is 22.5 Å². The van der Waals surface area contributed by atoms with Crippen LogP contribution in [0.15, 0.2) is 36.4 Å². The highest BCUT2D eigenvalue weighted by molar-refractivity contribution is 6.34. The third-order valence-electron chi connectivity index (χ3n) is 3.74. The smallest absolute Gasteiger partial charge is 0.271 e. The molecule has 0 N–H and O–H groups in total. The molecule has 0 fully saturated rings. The van der Waals surface area contributed by atoms with Gasteiger partial charge < -0.3 is 4.74 Å². The average molecular weight is 312 g/mol. The van der Waals surface area contributed by atoms with E-state index in [9.17, 15) is 19.7 Å². The molecule has 0 aromatic heterocycles. The number of carbonyl (C=O) groups excluding carboxylic acids is 2. The SMILES string of the molecule is COc1ccc2c(c1)C(=O)N(c1cc([N+](=O)[O-])ccc1C)C2=O. The summed E-state index contributed by atoms with van der Waals surface area (Å²) in [5.41, 5.74) is 1.10. The van der Waals surface area contributed by atoms with Crippen LogP contribution in [-0.4, -0.2) is 23.8 Å². The third kappa shape index (κ3) is 2.22. The van der Waals surface area contributed by atoms with Crippen molar-refractivity contribution in [1.29, 1.82) is 0 Å². The van der Waals surface area contributed by atoms with E-state index in [1.165, 1.54) is 37.4 Å². The van der Waals surface area contributed by atoms with E-state index in [0.29, 0.717) is 11.3 Å². The van der Waals surface area contributed by atoms with Crippen molar-refractivity contribution in [2.24, 2.45) is 0 Å². The number of hydrogen-bond acceptors (Lipinski definition) is 5. The van der Waals surface area contributed by atoms with Gasteiger partial charge in [0.15, 0.2) is 0 Å². The Morgan fingerprint density at radius 1 is 1.04 bits per heavy atom. The summed E-state index contributed by atoms with van der Waals surface area (Å²) in [6, 6.07) is 8.67. The number of nitro benzene ring substituents is 1. The van der Waals surface area contributed by atoms with Crippen LogP contribution in [0.3, 0.4) is 0 Å². The van der Waals surface area contributed by atoms with Crippen LogP contribution in [0.4, 0.5) is 11.4 Å². The van der Waals surface area contributed by atoms with Gasteiger partial charge >= 0.3 is 0 Å². The molecule has 1 heterocycles. The Kier molecular flexibility index (Phi) is 3.33.